The third-order valence-electron chi connectivity index (χ3n) is 6.00. The number of ketones is 1. The summed E-state index contributed by atoms with van der Waals surface area (Å²) in [7, 11) is 0. The van der Waals surface area contributed by atoms with Crippen molar-refractivity contribution in [2.45, 2.75) is 51.6 Å². The molecule has 1 heterocycles. The number of Topliss-reactive ketones (excluding diaryl/α,β-unsaturated/α-hetero) is 1. The smallest absolute Gasteiger partial charge is 0.296 e. The lowest BCUT2D eigenvalue weighted by molar-refractivity contribution is -0.112. The Hall–Kier alpha value is -2.46. The minimum Gasteiger partial charge on any atom is -0.318 e. The summed E-state index contributed by atoms with van der Waals surface area (Å²) in [5, 5.41) is 2.69. The molecule has 4 heteroatoms. The van der Waals surface area contributed by atoms with E-state index in [2.05, 4.69) is 60.5 Å². The lowest BCUT2D eigenvalue weighted by atomic mass is 9.83. The van der Waals surface area contributed by atoms with Gasteiger partial charge in [0.25, 0.3) is 11.7 Å². The Morgan fingerprint density at radius 1 is 1.15 bits per heavy atom. The molecule has 0 aromatic heterocycles. The quantitative estimate of drug-likeness (QED) is 0.813. The Bertz CT molecular complexity index is 875. The first-order chi connectivity index (χ1) is 13.1. The average molecular weight is 362 g/mol. The van der Waals surface area contributed by atoms with Crippen LogP contribution in [0, 0.1) is 0 Å². The Balaban J connectivity index is 1.61. The highest BCUT2D eigenvalue weighted by Crippen LogP contribution is 2.36. The lowest BCUT2D eigenvalue weighted by Gasteiger charge is -2.39. The molecule has 1 amide bonds. The normalized spacial score (nSPS) is 19.6. The first-order valence-corrected chi connectivity index (χ1v) is 9.91. The zero-order valence-corrected chi connectivity index (χ0v) is 16.0. The van der Waals surface area contributed by atoms with E-state index in [-0.39, 0.29) is 5.78 Å². The Morgan fingerprint density at radius 2 is 1.93 bits per heavy atom. The second kappa shape index (κ2) is 7.28. The number of benzene rings is 2. The van der Waals surface area contributed by atoms with Crippen LogP contribution in [-0.4, -0.2) is 29.2 Å². The van der Waals surface area contributed by atoms with E-state index in [4.69, 9.17) is 0 Å². The van der Waals surface area contributed by atoms with Crippen molar-refractivity contribution in [3.63, 3.8) is 0 Å². The van der Waals surface area contributed by atoms with Crippen molar-refractivity contribution in [1.82, 2.24) is 4.90 Å². The van der Waals surface area contributed by atoms with E-state index < -0.39 is 5.91 Å². The number of carbonyl (C=O) groups is 2. The van der Waals surface area contributed by atoms with E-state index in [0.29, 0.717) is 23.3 Å². The molecule has 4 rings (SSSR count). The number of nitrogens with zero attached hydrogens (tertiary/aromatic N) is 1. The molecule has 0 spiro atoms. The second-order valence-corrected chi connectivity index (χ2v) is 7.63. The number of rotatable bonds is 5. The molecule has 1 aliphatic carbocycles. The van der Waals surface area contributed by atoms with Crippen LogP contribution in [0.3, 0.4) is 0 Å². The van der Waals surface area contributed by atoms with Gasteiger partial charge in [-0.3, -0.25) is 14.5 Å². The number of amides is 1. The monoisotopic (exact) mass is 362 g/mol. The zero-order chi connectivity index (χ0) is 19.0. The van der Waals surface area contributed by atoms with Crippen molar-refractivity contribution < 1.29 is 9.59 Å². The van der Waals surface area contributed by atoms with Crippen molar-refractivity contribution in [2.24, 2.45) is 0 Å². The number of carbonyl (C=O) groups excluding carboxylic acids is 2. The highest BCUT2D eigenvalue weighted by Gasteiger charge is 2.35. The van der Waals surface area contributed by atoms with Gasteiger partial charge in [-0.15, -0.1) is 0 Å². The van der Waals surface area contributed by atoms with Gasteiger partial charge in [-0.05, 0) is 61.9 Å². The predicted molar refractivity (Wildman–Crippen MR) is 107 cm³/mol. The van der Waals surface area contributed by atoms with Gasteiger partial charge in [0.2, 0.25) is 0 Å². The van der Waals surface area contributed by atoms with Crippen molar-refractivity contribution >= 4 is 17.4 Å². The van der Waals surface area contributed by atoms with Crippen LogP contribution in [0.1, 0.15) is 59.8 Å². The Morgan fingerprint density at radius 3 is 2.67 bits per heavy atom. The number of hydrogen-bond donors (Lipinski definition) is 1. The summed E-state index contributed by atoms with van der Waals surface area (Å²) in [4.78, 5) is 26.6. The molecule has 0 saturated carbocycles. The van der Waals surface area contributed by atoms with E-state index in [1.165, 1.54) is 11.1 Å². The molecule has 2 unspecified atom stereocenters. The minimum atomic E-state index is -0.495. The summed E-state index contributed by atoms with van der Waals surface area (Å²) in [6.45, 7) is 5.57. The Labute approximate surface area is 160 Å². The van der Waals surface area contributed by atoms with Crippen LogP contribution in [0.15, 0.2) is 42.5 Å². The first kappa shape index (κ1) is 17.9. The highest BCUT2D eigenvalue weighted by atomic mass is 16.2. The first-order valence-electron chi connectivity index (χ1n) is 9.91. The topological polar surface area (TPSA) is 49.4 Å². The Kier molecular flexibility index (Phi) is 4.83. The number of anilines is 1. The van der Waals surface area contributed by atoms with E-state index in [1.807, 2.05) is 6.07 Å². The maximum Gasteiger partial charge on any atom is 0.296 e. The second-order valence-electron chi connectivity index (χ2n) is 7.63. The van der Waals surface area contributed by atoms with Gasteiger partial charge in [0.1, 0.15) is 0 Å². The molecule has 2 aromatic rings. The summed E-state index contributed by atoms with van der Waals surface area (Å²) in [5.74, 6) is -0.866. The van der Waals surface area contributed by atoms with Crippen LogP contribution in [-0.2, 0) is 17.6 Å². The van der Waals surface area contributed by atoms with Gasteiger partial charge in [0, 0.05) is 12.1 Å². The summed E-state index contributed by atoms with van der Waals surface area (Å²) in [5.41, 5.74) is 4.95. The summed E-state index contributed by atoms with van der Waals surface area (Å²) in [6, 6.07) is 15.5. The maximum atomic E-state index is 12.3. The van der Waals surface area contributed by atoms with Crippen LogP contribution in [0.2, 0.25) is 0 Å². The fourth-order valence-electron chi connectivity index (χ4n) is 4.65. The van der Waals surface area contributed by atoms with E-state index in [0.717, 1.165) is 37.8 Å². The third kappa shape index (κ3) is 3.19. The van der Waals surface area contributed by atoms with Crippen LogP contribution in [0.5, 0.6) is 0 Å². The van der Waals surface area contributed by atoms with Crippen LogP contribution >= 0.6 is 0 Å². The molecule has 1 aliphatic heterocycles. The summed E-state index contributed by atoms with van der Waals surface area (Å²) < 4.78 is 0. The number of hydrogen-bond acceptors (Lipinski definition) is 3. The highest BCUT2D eigenvalue weighted by molar-refractivity contribution is 6.52. The van der Waals surface area contributed by atoms with Gasteiger partial charge in [-0.25, -0.2) is 0 Å². The molecule has 0 bridgehead atoms. The van der Waals surface area contributed by atoms with Crippen molar-refractivity contribution in [1.29, 1.82) is 0 Å². The third-order valence-corrected chi connectivity index (χ3v) is 6.00. The van der Waals surface area contributed by atoms with Gasteiger partial charge in [-0.1, -0.05) is 43.3 Å². The molecule has 2 aromatic carbocycles. The van der Waals surface area contributed by atoms with E-state index in [1.54, 1.807) is 0 Å². The molecule has 4 nitrogen and oxygen atoms in total. The standard InChI is InChI=1S/C23H26N2O2/c1-3-13-25(15(2)16-7-5-4-6-8-16)18-10-11-19-17(14-18)9-12-20-21(19)22(26)23(27)24-20/h4-9,12,15,18H,3,10-11,13-14H2,1-2H3,(H,24,26,27). The van der Waals surface area contributed by atoms with Gasteiger partial charge in [-0.2, -0.15) is 0 Å². The molecule has 0 fully saturated rings. The fraction of sp³-hybridized carbons (Fsp3) is 0.391. The molecule has 27 heavy (non-hydrogen) atoms. The summed E-state index contributed by atoms with van der Waals surface area (Å²) >= 11 is 0. The molecular formula is C23H26N2O2. The molecule has 1 N–H and O–H groups in total. The van der Waals surface area contributed by atoms with Gasteiger partial charge >= 0.3 is 0 Å². The van der Waals surface area contributed by atoms with Crippen molar-refractivity contribution in [3.8, 4) is 0 Å². The van der Waals surface area contributed by atoms with E-state index >= 15 is 0 Å². The van der Waals surface area contributed by atoms with Crippen LogP contribution < -0.4 is 5.32 Å². The minimum absolute atomic E-state index is 0.358. The zero-order valence-electron chi connectivity index (χ0n) is 16.0. The van der Waals surface area contributed by atoms with E-state index in [9.17, 15) is 9.59 Å². The van der Waals surface area contributed by atoms with Crippen molar-refractivity contribution in [2.75, 3.05) is 11.9 Å². The van der Waals surface area contributed by atoms with Gasteiger partial charge in [0.05, 0.1) is 11.3 Å². The maximum absolute atomic E-state index is 12.3. The molecule has 0 radical (unpaired) electrons. The largest absolute Gasteiger partial charge is 0.318 e. The lowest BCUT2D eigenvalue weighted by Crippen LogP contribution is -2.41. The number of fused-ring (bicyclic) bond motifs is 3. The van der Waals surface area contributed by atoms with Gasteiger partial charge in [0.15, 0.2) is 0 Å². The van der Waals surface area contributed by atoms with Crippen LogP contribution in [0.25, 0.3) is 0 Å². The van der Waals surface area contributed by atoms with Crippen LogP contribution in [0.4, 0.5) is 5.69 Å². The molecule has 2 aliphatic rings. The number of nitrogens with one attached hydrogen (secondary N) is 1. The molecule has 2 atom stereocenters. The molecule has 0 saturated heterocycles. The molecule has 140 valence electrons. The van der Waals surface area contributed by atoms with Gasteiger partial charge < -0.3 is 5.32 Å². The predicted octanol–water partition coefficient (Wildman–Crippen LogP) is 4.15. The molecular weight excluding hydrogens is 336 g/mol. The van der Waals surface area contributed by atoms with Crippen molar-refractivity contribution in [3.05, 3.63) is 64.7 Å². The fourth-order valence-corrected chi connectivity index (χ4v) is 4.65. The summed E-state index contributed by atoms with van der Waals surface area (Å²) in [6.07, 6.45) is 3.91. The SMILES string of the molecule is CCCN(C1CCc2c(ccc3c2C(=O)C(=O)N3)C1)C(C)c1ccccc1. The average Bonchev–Trinajstić information content (AvgIpc) is 3.00.